The molecule has 0 bridgehead atoms. The van der Waals surface area contributed by atoms with E-state index < -0.39 is 42.6 Å². The van der Waals surface area contributed by atoms with Crippen molar-refractivity contribution in [2.75, 3.05) is 18.5 Å². The Morgan fingerprint density at radius 3 is 2.33 bits per heavy atom. The Morgan fingerprint density at radius 1 is 0.963 bits per heavy atom. The molecular formula is C18H15BrF2N2O4. The SMILES string of the molecule is O=C(COC(=O)Cc1ccc(Br)cc1)NCC(=O)Nc1ccc(F)c(F)c1. The first-order valence-corrected chi connectivity index (χ1v) is 8.54. The lowest BCUT2D eigenvalue weighted by atomic mass is 10.2. The molecule has 0 aliphatic heterocycles. The summed E-state index contributed by atoms with van der Waals surface area (Å²) in [7, 11) is 0. The van der Waals surface area contributed by atoms with Gasteiger partial charge in [-0.25, -0.2) is 8.78 Å². The van der Waals surface area contributed by atoms with Gasteiger partial charge in [-0.2, -0.15) is 0 Å². The molecule has 27 heavy (non-hydrogen) atoms. The molecule has 0 spiro atoms. The number of carbonyl (C=O) groups is 3. The van der Waals surface area contributed by atoms with Crippen LogP contribution in [-0.2, 0) is 25.5 Å². The second-order valence-corrected chi connectivity index (χ2v) is 6.33. The highest BCUT2D eigenvalue weighted by atomic mass is 79.9. The van der Waals surface area contributed by atoms with E-state index in [0.29, 0.717) is 0 Å². The number of hydrogen-bond donors (Lipinski definition) is 2. The van der Waals surface area contributed by atoms with Crippen LogP contribution >= 0.6 is 15.9 Å². The van der Waals surface area contributed by atoms with Gasteiger partial charge in [-0.3, -0.25) is 14.4 Å². The van der Waals surface area contributed by atoms with Crippen LogP contribution in [-0.4, -0.2) is 30.9 Å². The number of ether oxygens (including phenoxy) is 1. The Hall–Kier alpha value is -2.81. The van der Waals surface area contributed by atoms with Crippen LogP contribution in [0.3, 0.4) is 0 Å². The minimum Gasteiger partial charge on any atom is -0.455 e. The number of nitrogens with one attached hydrogen (secondary N) is 2. The molecule has 2 amide bonds. The standard InChI is InChI=1S/C18H15BrF2N2O4/c19-12-3-1-11(2-4-12)7-18(26)27-10-17(25)22-9-16(24)23-13-5-6-14(20)15(21)8-13/h1-6,8H,7,9-10H2,(H,22,25)(H,23,24). The highest BCUT2D eigenvalue weighted by molar-refractivity contribution is 9.10. The Balaban J connectivity index is 1.69. The van der Waals surface area contributed by atoms with E-state index in [1.54, 1.807) is 24.3 Å². The summed E-state index contributed by atoms with van der Waals surface area (Å²) in [6.45, 7) is -0.949. The molecule has 0 aromatic heterocycles. The normalized spacial score (nSPS) is 10.2. The fourth-order valence-corrected chi connectivity index (χ4v) is 2.24. The summed E-state index contributed by atoms with van der Waals surface area (Å²) in [6.07, 6.45) is 0.0111. The van der Waals surface area contributed by atoms with E-state index in [9.17, 15) is 23.2 Å². The summed E-state index contributed by atoms with van der Waals surface area (Å²) in [5.41, 5.74) is 0.781. The Bertz CT molecular complexity index is 844. The molecule has 0 saturated heterocycles. The molecule has 0 atom stereocenters. The zero-order valence-electron chi connectivity index (χ0n) is 13.9. The van der Waals surface area contributed by atoms with E-state index in [4.69, 9.17) is 4.74 Å². The topological polar surface area (TPSA) is 84.5 Å². The van der Waals surface area contributed by atoms with E-state index in [1.165, 1.54) is 6.07 Å². The zero-order valence-corrected chi connectivity index (χ0v) is 15.5. The summed E-state index contributed by atoms with van der Waals surface area (Å²) < 4.78 is 31.6. The van der Waals surface area contributed by atoms with Crippen LogP contribution in [0.5, 0.6) is 0 Å². The average molecular weight is 441 g/mol. The van der Waals surface area contributed by atoms with Crippen LogP contribution < -0.4 is 10.6 Å². The number of rotatable bonds is 7. The Labute approximate surface area is 162 Å². The highest BCUT2D eigenvalue weighted by Gasteiger charge is 2.11. The molecule has 0 unspecified atom stereocenters. The van der Waals surface area contributed by atoms with Gasteiger partial charge in [0.05, 0.1) is 13.0 Å². The van der Waals surface area contributed by atoms with Gasteiger partial charge in [0.15, 0.2) is 18.2 Å². The molecule has 0 aliphatic carbocycles. The summed E-state index contributed by atoms with van der Waals surface area (Å²) >= 11 is 3.28. The van der Waals surface area contributed by atoms with Crippen LogP contribution in [0.4, 0.5) is 14.5 Å². The summed E-state index contributed by atoms with van der Waals surface area (Å²) in [6, 6.07) is 9.92. The second kappa shape index (κ2) is 9.77. The zero-order chi connectivity index (χ0) is 19.8. The van der Waals surface area contributed by atoms with E-state index >= 15 is 0 Å². The number of carbonyl (C=O) groups excluding carboxylic acids is 3. The maximum atomic E-state index is 13.0. The van der Waals surface area contributed by atoms with Gasteiger partial charge in [0.1, 0.15) is 0 Å². The van der Waals surface area contributed by atoms with Gasteiger partial charge < -0.3 is 15.4 Å². The van der Waals surface area contributed by atoms with E-state index in [0.717, 1.165) is 22.2 Å². The van der Waals surface area contributed by atoms with Crippen molar-refractivity contribution >= 4 is 39.4 Å². The number of hydrogen-bond acceptors (Lipinski definition) is 4. The van der Waals surface area contributed by atoms with Crippen LogP contribution in [0.1, 0.15) is 5.56 Å². The van der Waals surface area contributed by atoms with Gasteiger partial charge in [0.25, 0.3) is 5.91 Å². The first-order chi connectivity index (χ1) is 12.8. The van der Waals surface area contributed by atoms with Crippen molar-refractivity contribution < 1.29 is 27.9 Å². The average Bonchev–Trinajstić information content (AvgIpc) is 2.63. The van der Waals surface area contributed by atoms with Crippen molar-refractivity contribution in [3.8, 4) is 0 Å². The van der Waals surface area contributed by atoms with Gasteiger partial charge >= 0.3 is 5.97 Å². The van der Waals surface area contributed by atoms with Crippen molar-refractivity contribution in [3.63, 3.8) is 0 Å². The molecule has 6 nitrogen and oxygen atoms in total. The number of esters is 1. The molecule has 2 aromatic rings. The third-order valence-electron chi connectivity index (χ3n) is 3.28. The molecule has 142 valence electrons. The summed E-state index contributed by atoms with van der Waals surface area (Å²) in [5.74, 6) is -4.03. The molecule has 0 heterocycles. The predicted octanol–water partition coefficient (Wildman–Crippen LogP) is 2.57. The lowest BCUT2D eigenvalue weighted by molar-refractivity contribution is -0.147. The van der Waals surface area contributed by atoms with Gasteiger partial charge in [0.2, 0.25) is 5.91 Å². The predicted molar refractivity (Wildman–Crippen MR) is 96.8 cm³/mol. The van der Waals surface area contributed by atoms with Crippen LogP contribution in [0.15, 0.2) is 46.9 Å². The number of anilines is 1. The molecule has 2 N–H and O–H groups in total. The molecule has 0 saturated carbocycles. The Kier molecular flexibility index (Phi) is 7.42. The number of amides is 2. The van der Waals surface area contributed by atoms with Crippen molar-refractivity contribution in [1.82, 2.24) is 5.32 Å². The lowest BCUT2D eigenvalue weighted by Crippen LogP contribution is -2.35. The van der Waals surface area contributed by atoms with Crippen LogP contribution in [0, 0.1) is 11.6 Å². The van der Waals surface area contributed by atoms with Crippen molar-refractivity contribution in [2.24, 2.45) is 0 Å². The monoisotopic (exact) mass is 440 g/mol. The fraction of sp³-hybridized carbons (Fsp3) is 0.167. The highest BCUT2D eigenvalue weighted by Crippen LogP contribution is 2.13. The van der Waals surface area contributed by atoms with Gasteiger partial charge in [-0.05, 0) is 29.8 Å². The molecule has 0 radical (unpaired) electrons. The van der Waals surface area contributed by atoms with Crippen LogP contribution in [0.2, 0.25) is 0 Å². The molecule has 0 fully saturated rings. The second-order valence-electron chi connectivity index (χ2n) is 5.42. The van der Waals surface area contributed by atoms with Gasteiger partial charge in [0, 0.05) is 16.2 Å². The molecule has 2 aromatic carbocycles. The van der Waals surface area contributed by atoms with Crippen molar-refractivity contribution in [2.45, 2.75) is 6.42 Å². The first-order valence-electron chi connectivity index (χ1n) is 7.75. The minimum atomic E-state index is -1.10. The minimum absolute atomic E-state index is 0.0111. The van der Waals surface area contributed by atoms with Crippen molar-refractivity contribution in [1.29, 1.82) is 0 Å². The molecular weight excluding hydrogens is 426 g/mol. The van der Waals surface area contributed by atoms with E-state index in [-0.39, 0.29) is 12.1 Å². The quantitative estimate of drug-likeness (QED) is 0.648. The van der Waals surface area contributed by atoms with Gasteiger partial charge in [-0.15, -0.1) is 0 Å². The molecule has 9 heteroatoms. The van der Waals surface area contributed by atoms with E-state index in [1.807, 2.05) is 0 Å². The van der Waals surface area contributed by atoms with Crippen molar-refractivity contribution in [3.05, 3.63) is 64.1 Å². The fourth-order valence-electron chi connectivity index (χ4n) is 1.97. The smallest absolute Gasteiger partial charge is 0.310 e. The summed E-state index contributed by atoms with van der Waals surface area (Å²) in [5, 5.41) is 4.55. The number of halogens is 3. The third kappa shape index (κ3) is 7.14. The first kappa shape index (κ1) is 20.5. The van der Waals surface area contributed by atoms with Gasteiger partial charge in [-0.1, -0.05) is 28.1 Å². The molecule has 0 aliphatic rings. The molecule has 2 rings (SSSR count). The summed E-state index contributed by atoms with van der Waals surface area (Å²) in [4.78, 5) is 35.0. The maximum Gasteiger partial charge on any atom is 0.310 e. The lowest BCUT2D eigenvalue weighted by Gasteiger charge is -2.08. The number of benzene rings is 2. The largest absolute Gasteiger partial charge is 0.455 e. The Morgan fingerprint density at radius 2 is 1.67 bits per heavy atom. The van der Waals surface area contributed by atoms with E-state index in [2.05, 4.69) is 26.6 Å². The van der Waals surface area contributed by atoms with Crippen LogP contribution in [0.25, 0.3) is 0 Å². The maximum absolute atomic E-state index is 13.0. The third-order valence-corrected chi connectivity index (χ3v) is 3.80.